The molecule has 6 heteroatoms. The molecule has 0 spiro atoms. The van der Waals surface area contributed by atoms with E-state index < -0.39 is 30.7 Å². The lowest BCUT2D eigenvalue weighted by Gasteiger charge is -2.45. The van der Waals surface area contributed by atoms with E-state index in [1.807, 2.05) is 27.7 Å². The Labute approximate surface area is 169 Å². The predicted molar refractivity (Wildman–Crippen MR) is 108 cm³/mol. The van der Waals surface area contributed by atoms with Crippen LogP contribution in [0.3, 0.4) is 0 Å². The van der Waals surface area contributed by atoms with Crippen LogP contribution < -0.4 is 0 Å². The Morgan fingerprint density at radius 3 is 2.43 bits per heavy atom. The molecule has 1 aliphatic carbocycles. The molecule has 2 fully saturated rings. The average molecular weight is 401 g/mol. The van der Waals surface area contributed by atoms with Crippen molar-refractivity contribution < 1.29 is 29.5 Å². The van der Waals surface area contributed by atoms with Gasteiger partial charge in [-0.25, -0.2) is 0 Å². The fourth-order valence-corrected chi connectivity index (χ4v) is 4.78. The Kier molecular flexibility index (Phi) is 8.92. The minimum absolute atomic E-state index is 0.00794. The van der Waals surface area contributed by atoms with E-state index >= 15 is 0 Å². The van der Waals surface area contributed by atoms with Gasteiger partial charge in [0.2, 0.25) is 0 Å². The summed E-state index contributed by atoms with van der Waals surface area (Å²) in [6, 6.07) is 0. The van der Waals surface area contributed by atoms with Gasteiger partial charge in [-0.1, -0.05) is 39.3 Å². The molecule has 2 aliphatic heterocycles. The third-order valence-electron chi connectivity index (χ3n) is 5.88. The molecule has 6 nitrogen and oxygen atoms in total. The fraction of sp³-hybridized carbons (Fsp3) is 0.909. The first-order valence-electron chi connectivity index (χ1n) is 10.9. The van der Waals surface area contributed by atoms with Crippen molar-refractivity contribution in [3.63, 3.8) is 0 Å². The van der Waals surface area contributed by atoms with Gasteiger partial charge < -0.3 is 29.5 Å². The van der Waals surface area contributed by atoms with Gasteiger partial charge in [0, 0.05) is 18.3 Å². The zero-order valence-corrected chi connectivity index (χ0v) is 18.2. The van der Waals surface area contributed by atoms with Crippen LogP contribution in [-0.2, 0) is 14.2 Å². The second-order valence-corrected chi connectivity index (χ2v) is 8.64. The van der Waals surface area contributed by atoms with Crippen LogP contribution in [-0.4, -0.2) is 64.8 Å². The number of hydrogen-bond acceptors (Lipinski definition) is 6. The Morgan fingerprint density at radius 2 is 1.86 bits per heavy atom. The zero-order valence-electron chi connectivity index (χ0n) is 18.2. The van der Waals surface area contributed by atoms with Crippen molar-refractivity contribution in [3.05, 3.63) is 11.6 Å². The second-order valence-electron chi connectivity index (χ2n) is 8.64. The highest BCUT2D eigenvalue weighted by atomic mass is 16.7. The molecule has 2 heterocycles. The largest absolute Gasteiger partial charge is 0.394 e. The highest BCUT2D eigenvalue weighted by Gasteiger charge is 2.49. The van der Waals surface area contributed by atoms with Gasteiger partial charge in [0.1, 0.15) is 12.2 Å². The molecular formula is C22H40O6. The molecule has 0 aromatic rings. The molecule has 0 aromatic carbocycles. The predicted octanol–water partition coefficient (Wildman–Crippen LogP) is 2.64. The molecule has 0 bridgehead atoms. The zero-order chi connectivity index (χ0) is 21.0. The molecule has 2 saturated heterocycles. The summed E-state index contributed by atoms with van der Waals surface area (Å²) in [4.78, 5) is 0. The molecule has 0 aromatic heterocycles. The van der Waals surface area contributed by atoms with Gasteiger partial charge in [0.25, 0.3) is 0 Å². The van der Waals surface area contributed by atoms with Crippen molar-refractivity contribution in [1.29, 1.82) is 0 Å². The van der Waals surface area contributed by atoms with E-state index in [-0.39, 0.29) is 30.7 Å². The van der Waals surface area contributed by atoms with Gasteiger partial charge in [-0.15, -0.1) is 0 Å². The number of aliphatic hydroxyl groups excluding tert-OH is 3. The highest BCUT2D eigenvalue weighted by Crippen LogP contribution is 2.44. The van der Waals surface area contributed by atoms with Crippen LogP contribution >= 0.6 is 0 Å². The van der Waals surface area contributed by atoms with Gasteiger partial charge in [-0.05, 0) is 32.6 Å². The summed E-state index contributed by atoms with van der Waals surface area (Å²) in [7, 11) is 0. The van der Waals surface area contributed by atoms with E-state index in [1.54, 1.807) is 0 Å². The first-order chi connectivity index (χ1) is 13.3. The van der Waals surface area contributed by atoms with E-state index in [9.17, 15) is 15.3 Å². The third-order valence-corrected chi connectivity index (χ3v) is 5.88. The number of aliphatic hydroxyl groups is 3. The summed E-state index contributed by atoms with van der Waals surface area (Å²) in [5, 5.41) is 31.0. The first kappa shape index (κ1) is 23.8. The second kappa shape index (κ2) is 10.5. The molecule has 3 rings (SSSR count). The maximum Gasteiger partial charge on any atom is 0.184 e. The van der Waals surface area contributed by atoms with Gasteiger partial charge in [-0.2, -0.15) is 0 Å². The van der Waals surface area contributed by atoms with Crippen LogP contribution in [0.5, 0.6) is 0 Å². The molecule has 3 N–H and O–H groups in total. The quantitative estimate of drug-likeness (QED) is 0.615. The SMILES string of the molecule is CC.CC(C)CC1=CC2C(CO)OC(OC3C(O)CC(C)OC3C)C(O)C2C1. The Bertz CT molecular complexity index is 495. The van der Waals surface area contributed by atoms with E-state index in [2.05, 4.69) is 19.9 Å². The van der Waals surface area contributed by atoms with Crippen molar-refractivity contribution in [2.45, 2.75) is 104 Å². The molecule has 9 atom stereocenters. The van der Waals surface area contributed by atoms with E-state index in [1.165, 1.54) is 5.57 Å². The third kappa shape index (κ3) is 5.35. The number of ether oxygens (including phenoxy) is 3. The topological polar surface area (TPSA) is 88.4 Å². The van der Waals surface area contributed by atoms with Gasteiger partial charge in [0.05, 0.1) is 31.0 Å². The normalized spacial score (nSPS) is 43.2. The van der Waals surface area contributed by atoms with Crippen molar-refractivity contribution >= 4 is 0 Å². The maximum absolute atomic E-state index is 10.9. The lowest BCUT2D eigenvalue weighted by Crippen LogP contribution is -2.56. The van der Waals surface area contributed by atoms with Crippen LogP contribution in [0.1, 0.15) is 60.8 Å². The van der Waals surface area contributed by atoms with Crippen LogP contribution in [0.25, 0.3) is 0 Å². The van der Waals surface area contributed by atoms with Gasteiger partial charge in [0.15, 0.2) is 6.29 Å². The first-order valence-corrected chi connectivity index (χ1v) is 10.9. The monoisotopic (exact) mass is 400 g/mol. The highest BCUT2D eigenvalue weighted by molar-refractivity contribution is 5.18. The van der Waals surface area contributed by atoms with Crippen LogP contribution in [0.4, 0.5) is 0 Å². The molecule has 0 radical (unpaired) electrons. The Balaban J connectivity index is 0.00000136. The molecule has 0 saturated carbocycles. The summed E-state index contributed by atoms with van der Waals surface area (Å²) in [5.74, 6) is 0.542. The van der Waals surface area contributed by atoms with Gasteiger partial charge in [-0.3, -0.25) is 0 Å². The van der Waals surface area contributed by atoms with E-state index in [4.69, 9.17) is 14.2 Å². The van der Waals surface area contributed by atoms with Gasteiger partial charge >= 0.3 is 0 Å². The summed E-state index contributed by atoms with van der Waals surface area (Å²) in [6.07, 6.45) is 0.904. The number of hydrogen-bond donors (Lipinski definition) is 3. The van der Waals surface area contributed by atoms with Crippen LogP contribution in [0.2, 0.25) is 0 Å². The standard InChI is InChI=1S/C20H34O6.C2H6/c1-10(2)5-13-7-14-15(8-13)18(23)20(25-17(14)9-21)26-19-12(4)24-11(3)6-16(19)22;1-2/h7,10-12,14-23H,5-6,8-9H2,1-4H3;1-2H3. The molecular weight excluding hydrogens is 360 g/mol. The molecule has 164 valence electrons. The molecule has 3 aliphatic rings. The number of fused-ring (bicyclic) bond motifs is 1. The Hall–Kier alpha value is -0.500. The molecule has 28 heavy (non-hydrogen) atoms. The summed E-state index contributed by atoms with van der Waals surface area (Å²) >= 11 is 0. The van der Waals surface area contributed by atoms with Crippen LogP contribution in [0.15, 0.2) is 11.6 Å². The minimum Gasteiger partial charge on any atom is -0.394 e. The van der Waals surface area contributed by atoms with E-state index in [0.29, 0.717) is 12.3 Å². The Morgan fingerprint density at radius 1 is 1.18 bits per heavy atom. The smallest absolute Gasteiger partial charge is 0.184 e. The summed E-state index contributed by atoms with van der Waals surface area (Å²) < 4.78 is 17.7. The number of rotatable bonds is 5. The lowest BCUT2D eigenvalue weighted by molar-refractivity contribution is -0.312. The number of allylic oxidation sites excluding steroid dienone is 1. The van der Waals surface area contributed by atoms with Crippen LogP contribution in [0, 0.1) is 17.8 Å². The molecule has 9 unspecified atom stereocenters. The summed E-state index contributed by atoms with van der Waals surface area (Å²) in [5.41, 5.74) is 1.32. The van der Waals surface area contributed by atoms with Crippen molar-refractivity contribution in [2.24, 2.45) is 17.8 Å². The maximum atomic E-state index is 10.9. The fourth-order valence-electron chi connectivity index (χ4n) is 4.78. The van der Waals surface area contributed by atoms with Crippen molar-refractivity contribution in [2.75, 3.05) is 6.61 Å². The minimum atomic E-state index is -0.862. The van der Waals surface area contributed by atoms with E-state index in [0.717, 1.165) is 12.8 Å². The van der Waals surface area contributed by atoms with Crippen molar-refractivity contribution in [3.8, 4) is 0 Å². The molecule has 0 amide bonds. The summed E-state index contributed by atoms with van der Waals surface area (Å²) in [6.45, 7) is 12.0. The lowest BCUT2D eigenvalue weighted by atomic mass is 9.83. The average Bonchev–Trinajstić information content (AvgIpc) is 3.05. The van der Waals surface area contributed by atoms with Crippen molar-refractivity contribution in [1.82, 2.24) is 0 Å².